The van der Waals surface area contributed by atoms with Crippen molar-refractivity contribution in [2.75, 3.05) is 30.4 Å². The monoisotopic (exact) mass is 274 g/mol. The van der Waals surface area contributed by atoms with Crippen LogP contribution in [0, 0.1) is 0 Å². The molecule has 2 aromatic heterocycles. The standard InChI is InChI=1S/C10H13F3N6/c1-3-19(5-10(11,12)13)8-6-4-15-18-7(6)16-9(14-2)17-8/h4H,3,5H2,1-2H3,(H2,14,15,16,17,18). The van der Waals surface area contributed by atoms with E-state index < -0.39 is 12.7 Å². The molecule has 0 bridgehead atoms. The fourth-order valence-electron chi connectivity index (χ4n) is 1.73. The van der Waals surface area contributed by atoms with E-state index in [4.69, 9.17) is 0 Å². The highest BCUT2D eigenvalue weighted by Gasteiger charge is 2.31. The maximum atomic E-state index is 12.6. The Morgan fingerprint density at radius 1 is 1.37 bits per heavy atom. The van der Waals surface area contributed by atoms with Gasteiger partial charge in [0, 0.05) is 13.6 Å². The van der Waals surface area contributed by atoms with Crippen molar-refractivity contribution in [3.63, 3.8) is 0 Å². The van der Waals surface area contributed by atoms with Crippen LogP contribution in [0.15, 0.2) is 6.20 Å². The minimum absolute atomic E-state index is 0.181. The molecule has 6 nitrogen and oxygen atoms in total. The topological polar surface area (TPSA) is 69.7 Å². The van der Waals surface area contributed by atoms with Crippen molar-refractivity contribution in [2.45, 2.75) is 13.1 Å². The summed E-state index contributed by atoms with van der Waals surface area (Å²) in [5, 5.41) is 9.59. The third-order valence-electron chi connectivity index (χ3n) is 2.56. The van der Waals surface area contributed by atoms with Crippen LogP contribution in [-0.4, -0.2) is 46.5 Å². The number of alkyl halides is 3. The molecule has 0 aliphatic heterocycles. The van der Waals surface area contributed by atoms with Crippen molar-refractivity contribution in [2.24, 2.45) is 0 Å². The third kappa shape index (κ3) is 2.85. The van der Waals surface area contributed by atoms with Crippen molar-refractivity contribution in [1.29, 1.82) is 0 Å². The lowest BCUT2D eigenvalue weighted by molar-refractivity contribution is -0.119. The summed E-state index contributed by atoms with van der Waals surface area (Å²) in [6.07, 6.45) is -2.88. The van der Waals surface area contributed by atoms with Gasteiger partial charge in [0.15, 0.2) is 5.65 Å². The highest BCUT2D eigenvalue weighted by Crippen LogP contribution is 2.26. The Bertz CT molecular complexity index is 564. The van der Waals surface area contributed by atoms with Gasteiger partial charge in [-0.15, -0.1) is 0 Å². The number of nitrogens with one attached hydrogen (secondary N) is 2. The molecular formula is C10H13F3N6. The number of hydrogen-bond acceptors (Lipinski definition) is 5. The minimum Gasteiger partial charge on any atom is -0.357 e. The van der Waals surface area contributed by atoms with E-state index in [1.165, 1.54) is 6.20 Å². The summed E-state index contributed by atoms with van der Waals surface area (Å²) in [5.41, 5.74) is 0.398. The van der Waals surface area contributed by atoms with E-state index in [0.717, 1.165) is 4.90 Å². The highest BCUT2D eigenvalue weighted by molar-refractivity contribution is 5.87. The fraction of sp³-hybridized carbons (Fsp3) is 0.500. The minimum atomic E-state index is -4.29. The van der Waals surface area contributed by atoms with Crippen LogP contribution in [0.25, 0.3) is 11.0 Å². The average Bonchev–Trinajstić information content (AvgIpc) is 2.81. The second-order valence-corrected chi connectivity index (χ2v) is 3.88. The van der Waals surface area contributed by atoms with Gasteiger partial charge in [-0.2, -0.15) is 28.2 Å². The molecule has 19 heavy (non-hydrogen) atoms. The predicted molar refractivity (Wildman–Crippen MR) is 65.2 cm³/mol. The second-order valence-electron chi connectivity index (χ2n) is 3.88. The molecule has 9 heteroatoms. The molecule has 0 aromatic carbocycles. The Morgan fingerprint density at radius 3 is 2.68 bits per heavy atom. The summed E-state index contributed by atoms with van der Waals surface area (Å²) in [7, 11) is 1.60. The molecule has 2 rings (SSSR count). The summed E-state index contributed by atoms with van der Waals surface area (Å²) >= 11 is 0. The summed E-state index contributed by atoms with van der Waals surface area (Å²) in [4.78, 5) is 9.31. The molecule has 0 aliphatic carbocycles. The maximum absolute atomic E-state index is 12.6. The van der Waals surface area contributed by atoms with Gasteiger partial charge in [0.05, 0.1) is 11.6 Å². The lowest BCUT2D eigenvalue weighted by atomic mass is 10.3. The molecule has 0 unspecified atom stereocenters. The molecule has 0 spiro atoms. The summed E-state index contributed by atoms with van der Waals surface area (Å²) < 4.78 is 37.7. The summed E-state index contributed by atoms with van der Waals surface area (Å²) in [6, 6.07) is 0. The number of H-pyrrole nitrogens is 1. The number of nitrogens with zero attached hydrogens (tertiary/aromatic N) is 4. The van der Waals surface area contributed by atoms with Gasteiger partial charge in [0.25, 0.3) is 0 Å². The molecule has 0 aliphatic rings. The molecule has 0 saturated heterocycles. The SMILES string of the molecule is CCN(CC(F)(F)F)c1nc(NC)nc2[nH]ncc12. The average molecular weight is 274 g/mol. The van der Waals surface area contributed by atoms with Crippen LogP contribution in [-0.2, 0) is 0 Å². The molecule has 0 saturated carbocycles. The van der Waals surface area contributed by atoms with Crippen molar-refractivity contribution < 1.29 is 13.2 Å². The van der Waals surface area contributed by atoms with E-state index in [-0.39, 0.29) is 18.3 Å². The van der Waals surface area contributed by atoms with E-state index in [9.17, 15) is 13.2 Å². The van der Waals surface area contributed by atoms with Crippen LogP contribution in [0.5, 0.6) is 0 Å². The zero-order chi connectivity index (χ0) is 14.0. The number of fused-ring (bicyclic) bond motifs is 1. The number of hydrogen-bond donors (Lipinski definition) is 2. The van der Waals surface area contributed by atoms with E-state index in [2.05, 4.69) is 25.5 Å². The van der Waals surface area contributed by atoms with Gasteiger partial charge >= 0.3 is 6.18 Å². The fourth-order valence-corrected chi connectivity index (χ4v) is 1.73. The van der Waals surface area contributed by atoms with Gasteiger partial charge in [-0.1, -0.05) is 0 Å². The Kier molecular flexibility index (Phi) is 3.45. The molecule has 2 heterocycles. The molecule has 0 radical (unpaired) electrons. The van der Waals surface area contributed by atoms with Gasteiger partial charge in [-0.3, -0.25) is 5.10 Å². The van der Waals surface area contributed by atoms with Gasteiger partial charge in [0.2, 0.25) is 5.95 Å². The van der Waals surface area contributed by atoms with Crippen LogP contribution >= 0.6 is 0 Å². The smallest absolute Gasteiger partial charge is 0.357 e. The number of aromatic nitrogens is 4. The van der Waals surface area contributed by atoms with E-state index in [1.807, 2.05) is 0 Å². The zero-order valence-electron chi connectivity index (χ0n) is 10.4. The zero-order valence-corrected chi connectivity index (χ0v) is 10.4. The van der Waals surface area contributed by atoms with Crippen molar-refractivity contribution in [3.8, 4) is 0 Å². The highest BCUT2D eigenvalue weighted by atomic mass is 19.4. The van der Waals surface area contributed by atoms with Gasteiger partial charge < -0.3 is 10.2 Å². The molecule has 2 N–H and O–H groups in total. The largest absolute Gasteiger partial charge is 0.405 e. The third-order valence-corrected chi connectivity index (χ3v) is 2.56. The first-order valence-corrected chi connectivity index (χ1v) is 5.65. The maximum Gasteiger partial charge on any atom is 0.405 e. The van der Waals surface area contributed by atoms with Gasteiger partial charge in [-0.25, -0.2) is 0 Å². The second kappa shape index (κ2) is 4.90. The van der Waals surface area contributed by atoms with Gasteiger partial charge in [0.1, 0.15) is 12.4 Å². The van der Waals surface area contributed by atoms with Crippen LogP contribution in [0.2, 0.25) is 0 Å². The number of anilines is 2. The molecule has 2 aromatic rings. The van der Waals surface area contributed by atoms with Crippen molar-refractivity contribution in [1.82, 2.24) is 20.2 Å². The number of aromatic amines is 1. The lowest BCUT2D eigenvalue weighted by Crippen LogP contribution is -2.34. The normalized spacial score (nSPS) is 11.8. The van der Waals surface area contributed by atoms with Gasteiger partial charge in [-0.05, 0) is 6.92 Å². The summed E-state index contributed by atoms with van der Waals surface area (Å²) in [6.45, 7) is 0.753. The van der Waals surface area contributed by atoms with E-state index in [1.54, 1.807) is 14.0 Å². The Hall–Kier alpha value is -2.06. The molecular weight excluding hydrogens is 261 g/mol. The van der Waals surface area contributed by atoms with Crippen LogP contribution in [0.3, 0.4) is 0 Å². The number of rotatable bonds is 4. The van der Waals surface area contributed by atoms with Crippen molar-refractivity contribution >= 4 is 22.8 Å². The summed E-state index contributed by atoms with van der Waals surface area (Å²) in [5.74, 6) is 0.454. The first kappa shape index (κ1) is 13.4. The molecule has 0 amide bonds. The first-order valence-electron chi connectivity index (χ1n) is 5.65. The Balaban J connectivity index is 2.48. The molecule has 0 fully saturated rings. The number of halogens is 3. The molecule has 0 atom stereocenters. The van der Waals surface area contributed by atoms with E-state index >= 15 is 0 Å². The lowest BCUT2D eigenvalue weighted by Gasteiger charge is -2.23. The van der Waals surface area contributed by atoms with E-state index in [0.29, 0.717) is 11.0 Å². The Morgan fingerprint density at radius 2 is 2.11 bits per heavy atom. The van der Waals surface area contributed by atoms with Crippen LogP contribution in [0.1, 0.15) is 6.92 Å². The molecule has 104 valence electrons. The van der Waals surface area contributed by atoms with Crippen LogP contribution in [0.4, 0.5) is 24.9 Å². The van der Waals surface area contributed by atoms with Crippen molar-refractivity contribution in [3.05, 3.63) is 6.20 Å². The first-order chi connectivity index (χ1) is 8.94. The quantitative estimate of drug-likeness (QED) is 0.889. The predicted octanol–water partition coefficient (Wildman–Crippen LogP) is 1.78. The Labute approximate surface area is 107 Å². The van der Waals surface area contributed by atoms with Crippen LogP contribution < -0.4 is 10.2 Å².